The summed E-state index contributed by atoms with van der Waals surface area (Å²) in [6.07, 6.45) is 12.2. The van der Waals surface area contributed by atoms with E-state index in [4.69, 9.17) is 4.74 Å². The maximum atomic E-state index is 11.7. The fourth-order valence-electron chi connectivity index (χ4n) is 2.88. The van der Waals surface area contributed by atoms with E-state index < -0.39 is 10.8 Å². The Morgan fingerprint density at radius 1 is 1.22 bits per heavy atom. The first-order chi connectivity index (χ1) is 8.75. The van der Waals surface area contributed by atoms with Gasteiger partial charge in [-0.1, -0.05) is 12.8 Å². The van der Waals surface area contributed by atoms with Crippen LogP contribution >= 0.6 is 0 Å². The van der Waals surface area contributed by atoms with Gasteiger partial charge in [-0.25, -0.2) is 0 Å². The first-order valence-electron chi connectivity index (χ1n) is 7.44. The highest BCUT2D eigenvalue weighted by molar-refractivity contribution is 7.84. The molecule has 0 N–H and O–H groups in total. The summed E-state index contributed by atoms with van der Waals surface area (Å²) in [5.41, 5.74) is 1.47. The van der Waals surface area contributed by atoms with E-state index >= 15 is 0 Å². The molecule has 0 spiro atoms. The van der Waals surface area contributed by atoms with Gasteiger partial charge < -0.3 is 4.74 Å². The molecule has 18 heavy (non-hydrogen) atoms. The molecule has 0 aromatic heterocycles. The van der Waals surface area contributed by atoms with Crippen molar-refractivity contribution >= 4 is 10.8 Å². The van der Waals surface area contributed by atoms with Crippen molar-refractivity contribution in [3.63, 3.8) is 0 Å². The van der Waals surface area contributed by atoms with Crippen LogP contribution in [-0.4, -0.2) is 21.8 Å². The van der Waals surface area contributed by atoms with Gasteiger partial charge in [0.25, 0.3) is 0 Å². The monoisotopic (exact) mass is 270 g/mol. The van der Waals surface area contributed by atoms with Crippen LogP contribution in [0, 0.1) is 5.92 Å². The van der Waals surface area contributed by atoms with E-state index in [1.165, 1.54) is 50.5 Å². The van der Waals surface area contributed by atoms with Crippen LogP contribution in [0.25, 0.3) is 0 Å². The molecule has 2 aliphatic rings. The van der Waals surface area contributed by atoms with E-state index in [0.717, 1.165) is 17.9 Å². The van der Waals surface area contributed by atoms with Crippen LogP contribution in [0.15, 0.2) is 11.8 Å². The minimum absolute atomic E-state index is 0.224. The van der Waals surface area contributed by atoms with Crippen molar-refractivity contribution < 1.29 is 8.95 Å². The standard InChI is InChI=1S/C15H26O2S/c1-13(15-9-5-6-10-18(16)12-15)17-11-14-7-3-2-4-8-14/h11,13,15H,2-10,12H2,1H3. The normalized spacial score (nSPS) is 31.5. The summed E-state index contributed by atoms with van der Waals surface area (Å²) in [4.78, 5) is 0. The van der Waals surface area contributed by atoms with Gasteiger partial charge in [-0.05, 0) is 51.0 Å². The van der Waals surface area contributed by atoms with Gasteiger partial charge in [0.05, 0.1) is 12.4 Å². The first-order valence-corrected chi connectivity index (χ1v) is 8.93. The summed E-state index contributed by atoms with van der Waals surface area (Å²) >= 11 is 0. The number of hydrogen-bond acceptors (Lipinski definition) is 2. The molecular weight excluding hydrogens is 244 g/mol. The Hall–Kier alpha value is -0.310. The van der Waals surface area contributed by atoms with E-state index in [1.807, 2.05) is 6.26 Å². The van der Waals surface area contributed by atoms with Crippen molar-refractivity contribution in [3.8, 4) is 0 Å². The fourth-order valence-corrected chi connectivity index (χ4v) is 4.49. The molecule has 1 heterocycles. The molecule has 0 amide bonds. The van der Waals surface area contributed by atoms with Crippen molar-refractivity contribution in [3.05, 3.63) is 11.8 Å². The van der Waals surface area contributed by atoms with Crippen LogP contribution < -0.4 is 0 Å². The quantitative estimate of drug-likeness (QED) is 0.729. The molecule has 1 saturated heterocycles. The minimum Gasteiger partial charge on any atom is -0.498 e. The summed E-state index contributed by atoms with van der Waals surface area (Å²) < 4.78 is 17.7. The number of rotatable bonds is 3. The van der Waals surface area contributed by atoms with Crippen molar-refractivity contribution in [1.29, 1.82) is 0 Å². The van der Waals surface area contributed by atoms with Crippen molar-refractivity contribution in [2.75, 3.05) is 11.5 Å². The highest BCUT2D eigenvalue weighted by Gasteiger charge is 2.23. The van der Waals surface area contributed by atoms with Crippen LogP contribution in [0.2, 0.25) is 0 Å². The highest BCUT2D eigenvalue weighted by Crippen LogP contribution is 2.25. The Bertz CT molecular complexity index is 304. The highest BCUT2D eigenvalue weighted by atomic mass is 32.2. The smallest absolute Gasteiger partial charge is 0.0987 e. The maximum Gasteiger partial charge on any atom is 0.0987 e. The van der Waals surface area contributed by atoms with Crippen molar-refractivity contribution in [2.24, 2.45) is 5.92 Å². The maximum absolute atomic E-state index is 11.7. The molecule has 0 radical (unpaired) electrons. The Morgan fingerprint density at radius 2 is 2.00 bits per heavy atom. The van der Waals surface area contributed by atoms with E-state index in [9.17, 15) is 4.21 Å². The summed E-state index contributed by atoms with van der Waals surface area (Å²) in [6, 6.07) is 0. The Morgan fingerprint density at radius 3 is 2.78 bits per heavy atom. The average molecular weight is 270 g/mol. The second-order valence-corrected chi connectivity index (χ2v) is 7.37. The summed E-state index contributed by atoms with van der Waals surface area (Å²) in [5.74, 6) is 2.21. The van der Waals surface area contributed by atoms with Crippen LogP contribution in [0.1, 0.15) is 58.3 Å². The van der Waals surface area contributed by atoms with E-state index in [1.54, 1.807) is 0 Å². The summed E-state index contributed by atoms with van der Waals surface area (Å²) in [5, 5.41) is 0. The molecule has 1 aliphatic heterocycles. The molecule has 2 fully saturated rings. The molecule has 3 unspecified atom stereocenters. The predicted octanol–water partition coefficient (Wildman–Crippen LogP) is 3.79. The van der Waals surface area contributed by atoms with Crippen molar-refractivity contribution in [1.82, 2.24) is 0 Å². The van der Waals surface area contributed by atoms with Gasteiger partial charge in [-0.2, -0.15) is 0 Å². The van der Waals surface area contributed by atoms with Gasteiger partial charge in [0, 0.05) is 28.2 Å². The molecule has 0 aromatic carbocycles. The van der Waals surface area contributed by atoms with Crippen molar-refractivity contribution in [2.45, 2.75) is 64.4 Å². The summed E-state index contributed by atoms with van der Waals surface area (Å²) in [7, 11) is -0.617. The zero-order chi connectivity index (χ0) is 12.8. The van der Waals surface area contributed by atoms with Gasteiger partial charge >= 0.3 is 0 Å². The second-order valence-electron chi connectivity index (χ2n) is 5.74. The third kappa shape index (κ3) is 4.42. The molecule has 104 valence electrons. The lowest BCUT2D eigenvalue weighted by atomic mass is 9.96. The van der Waals surface area contributed by atoms with Gasteiger partial charge in [-0.3, -0.25) is 4.21 Å². The average Bonchev–Trinajstić information content (AvgIpc) is 2.62. The SMILES string of the molecule is CC(OC=C1CCCCC1)C1CCCCS(=O)C1. The third-order valence-corrected chi connectivity index (χ3v) is 5.75. The number of allylic oxidation sites excluding steroid dienone is 1. The van der Waals surface area contributed by atoms with Gasteiger partial charge in [0.2, 0.25) is 0 Å². The zero-order valence-electron chi connectivity index (χ0n) is 11.5. The molecule has 3 heteroatoms. The second kappa shape index (κ2) is 7.32. The Balaban J connectivity index is 1.82. The Kier molecular flexibility index (Phi) is 5.74. The van der Waals surface area contributed by atoms with Gasteiger partial charge in [0.15, 0.2) is 0 Å². The van der Waals surface area contributed by atoms with Gasteiger partial charge in [0.1, 0.15) is 0 Å². The predicted molar refractivity (Wildman–Crippen MR) is 76.9 cm³/mol. The molecule has 2 rings (SSSR count). The zero-order valence-corrected chi connectivity index (χ0v) is 12.3. The molecule has 3 atom stereocenters. The molecule has 0 aromatic rings. The molecule has 1 aliphatic carbocycles. The molecular formula is C15H26O2S. The van der Waals surface area contributed by atoms with Crippen LogP contribution in [-0.2, 0) is 15.5 Å². The van der Waals surface area contributed by atoms with E-state index in [2.05, 4.69) is 6.92 Å². The van der Waals surface area contributed by atoms with Crippen LogP contribution in [0.4, 0.5) is 0 Å². The van der Waals surface area contributed by atoms with E-state index in [0.29, 0.717) is 5.92 Å². The lowest BCUT2D eigenvalue weighted by Crippen LogP contribution is -2.24. The largest absolute Gasteiger partial charge is 0.498 e. The molecule has 0 bridgehead atoms. The minimum atomic E-state index is -0.617. The lowest BCUT2D eigenvalue weighted by Gasteiger charge is -2.22. The fraction of sp³-hybridized carbons (Fsp3) is 0.867. The molecule has 2 nitrogen and oxygen atoms in total. The Labute approximate surface area is 114 Å². The number of hydrogen-bond donors (Lipinski definition) is 0. The number of ether oxygens (including phenoxy) is 1. The van der Waals surface area contributed by atoms with Gasteiger partial charge in [-0.15, -0.1) is 0 Å². The third-order valence-electron chi connectivity index (χ3n) is 4.21. The molecule has 1 saturated carbocycles. The van der Waals surface area contributed by atoms with Crippen LogP contribution in [0.3, 0.4) is 0 Å². The topological polar surface area (TPSA) is 26.3 Å². The summed E-state index contributed by atoms with van der Waals surface area (Å²) in [6.45, 7) is 2.15. The first kappa shape index (κ1) is 14.1. The van der Waals surface area contributed by atoms with Crippen LogP contribution in [0.5, 0.6) is 0 Å². The lowest BCUT2D eigenvalue weighted by molar-refractivity contribution is 0.104. The van der Waals surface area contributed by atoms with E-state index in [-0.39, 0.29) is 6.10 Å².